The van der Waals surface area contributed by atoms with Crippen molar-refractivity contribution in [2.24, 2.45) is 0 Å². The minimum atomic E-state index is 0.201. The number of Topliss-reactive ketones (excluding diaryl/α,β-unsaturated/α-hetero) is 1. The number of benzene rings is 1. The molecule has 0 aliphatic heterocycles. The molecule has 1 aromatic carbocycles. The van der Waals surface area contributed by atoms with Crippen LogP contribution < -0.4 is 0 Å². The summed E-state index contributed by atoms with van der Waals surface area (Å²) < 4.78 is 0. The third kappa shape index (κ3) is 3.60. The Hall–Kier alpha value is -1.29. The number of carbonyl (C=O) groups is 1. The van der Waals surface area contributed by atoms with Crippen LogP contribution in [0.15, 0.2) is 18.2 Å². The molecule has 2 aromatic rings. The van der Waals surface area contributed by atoms with Crippen LogP contribution >= 0.6 is 11.8 Å². The normalized spacial score (nSPS) is 11.1. The van der Waals surface area contributed by atoms with Gasteiger partial charge in [-0.15, -0.1) is 0 Å². The van der Waals surface area contributed by atoms with Gasteiger partial charge >= 0.3 is 0 Å². The molecule has 0 unspecified atom stereocenters. The van der Waals surface area contributed by atoms with Gasteiger partial charge in [0.05, 0.1) is 16.8 Å². The van der Waals surface area contributed by atoms with Gasteiger partial charge in [0, 0.05) is 12.0 Å². The summed E-state index contributed by atoms with van der Waals surface area (Å²) >= 11 is 1.70. The highest BCUT2D eigenvalue weighted by molar-refractivity contribution is 7.99. The van der Waals surface area contributed by atoms with Gasteiger partial charge in [-0.1, -0.05) is 13.8 Å². The van der Waals surface area contributed by atoms with Gasteiger partial charge in [-0.3, -0.25) is 4.79 Å². The van der Waals surface area contributed by atoms with Crippen LogP contribution in [0.5, 0.6) is 0 Å². The van der Waals surface area contributed by atoms with Gasteiger partial charge in [-0.25, -0.2) is 4.98 Å². The second-order valence-corrected chi connectivity index (χ2v) is 5.75. The molecular formula is C15H20N2OS. The molecule has 102 valence electrons. The molecule has 0 aliphatic carbocycles. The van der Waals surface area contributed by atoms with E-state index in [9.17, 15) is 4.79 Å². The fourth-order valence-corrected chi connectivity index (χ4v) is 2.77. The number of aromatic nitrogens is 2. The van der Waals surface area contributed by atoms with E-state index in [0.29, 0.717) is 5.75 Å². The molecule has 0 aliphatic rings. The Morgan fingerprint density at radius 3 is 2.89 bits per heavy atom. The molecule has 0 fully saturated rings. The Morgan fingerprint density at radius 1 is 1.32 bits per heavy atom. The number of H-pyrrole nitrogens is 1. The van der Waals surface area contributed by atoms with Gasteiger partial charge in [-0.05, 0) is 36.8 Å². The molecule has 0 saturated heterocycles. The van der Waals surface area contributed by atoms with Gasteiger partial charge in [0.25, 0.3) is 0 Å². The molecule has 0 atom stereocenters. The summed E-state index contributed by atoms with van der Waals surface area (Å²) in [5, 5.41) is 0. The number of hydrogen-bond acceptors (Lipinski definition) is 3. The molecule has 0 saturated carbocycles. The molecule has 0 radical (unpaired) electrons. The first-order valence-electron chi connectivity index (χ1n) is 6.84. The summed E-state index contributed by atoms with van der Waals surface area (Å²) in [6.07, 6.45) is 3.13. The fraction of sp³-hybridized carbons (Fsp3) is 0.467. The van der Waals surface area contributed by atoms with Crippen LogP contribution in [0.3, 0.4) is 0 Å². The maximum Gasteiger partial charge on any atom is 0.172 e. The van der Waals surface area contributed by atoms with Crippen molar-refractivity contribution < 1.29 is 4.79 Å². The monoisotopic (exact) mass is 276 g/mol. The number of thioether (sulfide) groups is 1. The van der Waals surface area contributed by atoms with Crippen molar-refractivity contribution in [3.05, 3.63) is 29.6 Å². The predicted molar refractivity (Wildman–Crippen MR) is 82.0 cm³/mol. The molecule has 0 spiro atoms. The van der Waals surface area contributed by atoms with Crippen molar-refractivity contribution in [2.45, 2.75) is 33.1 Å². The van der Waals surface area contributed by atoms with Crippen molar-refractivity contribution in [3.63, 3.8) is 0 Å². The maximum absolute atomic E-state index is 12.0. The van der Waals surface area contributed by atoms with E-state index in [0.717, 1.165) is 47.4 Å². The number of rotatable bonds is 7. The van der Waals surface area contributed by atoms with Crippen LogP contribution in [0.2, 0.25) is 0 Å². The van der Waals surface area contributed by atoms with E-state index in [1.54, 1.807) is 11.8 Å². The number of nitrogens with one attached hydrogen (secondary N) is 1. The zero-order valence-corrected chi connectivity index (χ0v) is 12.3. The first-order valence-corrected chi connectivity index (χ1v) is 7.99. The van der Waals surface area contributed by atoms with Gasteiger partial charge in [0.1, 0.15) is 5.82 Å². The van der Waals surface area contributed by atoms with Gasteiger partial charge in [0.15, 0.2) is 5.78 Å². The zero-order valence-electron chi connectivity index (χ0n) is 11.5. The largest absolute Gasteiger partial charge is 0.342 e. The van der Waals surface area contributed by atoms with Crippen molar-refractivity contribution >= 4 is 28.6 Å². The zero-order chi connectivity index (χ0) is 13.7. The van der Waals surface area contributed by atoms with Crippen LogP contribution in [0.4, 0.5) is 0 Å². The van der Waals surface area contributed by atoms with Crippen molar-refractivity contribution in [1.29, 1.82) is 0 Å². The highest BCUT2D eigenvalue weighted by Crippen LogP contribution is 2.16. The van der Waals surface area contributed by atoms with Crippen LogP contribution in [-0.2, 0) is 6.42 Å². The van der Waals surface area contributed by atoms with Crippen LogP contribution in [0.25, 0.3) is 11.0 Å². The lowest BCUT2D eigenvalue weighted by molar-refractivity contribution is 0.102. The molecule has 3 nitrogen and oxygen atoms in total. The van der Waals surface area contributed by atoms with Gasteiger partial charge < -0.3 is 4.98 Å². The van der Waals surface area contributed by atoms with Crippen LogP contribution in [0.1, 0.15) is 42.9 Å². The Balaban J connectivity index is 2.13. The molecular weight excluding hydrogens is 256 g/mol. The van der Waals surface area contributed by atoms with Crippen molar-refractivity contribution in [3.8, 4) is 0 Å². The van der Waals surface area contributed by atoms with Crippen molar-refractivity contribution in [1.82, 2.24) is 9.97 Å². The molecule has 4 heteroatoms. The third-order valence-electron chi connectivity index (χ3n) is 2.92. The number of carbonyl (C=O) groups excluding carboxylic acids is 1. The summed E-state index contributed by atoms with van der Waals surface area (Å²) in [5.74, 6) is 2.81. The fourth-order valence-electron chi connectivity index (χ4n) is 1.98. The number of nitrogens with zero attached hydrogens (tertiary/aromatic N) is 1. The van der Waals surface area contributed by atoms with E-state index in [1.165, 1.54) is 0 Å². The first-order chi connectivity index (χ1) is 9.24. The van der Waals surface area contributed by atoms with E-state index < -0.39 is 0 Å². The molecule has 1 aromatic heterocycles. The van der Waals surface area contributed by atoms with Gasteiger partial charge in [-0.2, -0.15) is 11.8 Å². The third-order valence-corrected chi connectivity index (χ3v) is 4.08. The molecule has 19 heavy (non-hydrogen) atoms. The number of hydrogen-bond donors (Lipinski definition) is 1. The van der Waals surface area contributed by atoms with Crippen LogP contribution in [0, 0.1) is 0 Å². The number of imidazole rings is 1. The van der Waals surface area contributed by atoms with E-state index >= 15 is 0 Å². The summed E-state index contributed by atoms with van der Waals surface area (Å²) in [7, 11) is 0. The summed E-state index contributed by atoms with van der Waals surface area (Å²) in [4.78, 5) is 19.8. The Kier molecular flexibility index (Phi) is 5.02. The Morgan fingerprint density at radius 2 is 2.16 bits per heavy atom. The molecule has 0 amide bonds. The van der Waals surface area contributed by atoms with Crippen LogP contribution in [-0.4, -0.2) is 27.3 Å². The molecule has 1 N–H and O–H groups in total. The second-order valence-electron chi connectivity index (χ2n) is 4.64. The highest BCUT2D eigenvalue weighted by Gasteiger charge is 2.08. The smallest absolute Gasteiger partial charge is 0.172 e. The lowest BCUT2D eigenvalue weighted by Gasteiger charge is -2.00. The van der Waals surface area contributed by atoms with E-state index in [-0.39, 0.29) is 5.78 Å². The summed E-state index contributed by atoms with van der Waals surface area (Å²) in [6, 6.07) is 5.74. The standard InChI is InChI=1S/C15H20N2OS/c1-3-5-15-16-12-7-6-11(9-13(12)17-15)14(18)10-19-8-4-2/h6-7,9H,3-5,8,10H2,1-2H3,(H,16,17). The maximum atomic E-state index is 12.0. The average molecular weight is 276 g/mol. The quantitative estimate of drug-likeness (QED) is 0.617. The number of aryl methyl sites for hydroxylation is 1. The van der Waals surface area contributed by atoms with Crippen molar-refractivity contribution in [2.75, 3.05) is 11.5 Å². The highest BCUT2D eigenvalue weighted by atomic mass is 32.2. The van der Waals surface area contributed by atoms with Gasteiger partial charge in [0.2, 0.25) is 0 Å². The summed E-state index contributed by atoms with van der Waals surface area (Å²) in [5.41, 5.74) is 2.69. The van der Waals surface area contributed by atoms with E-state index in [2.05, 4.69) is 23.8 Å². The lowest BCUT2D eigenvalue weighted by atomic mass is 10.1. The first kappa shape index (κ1) is 14.1. The Labute approximate surface area is 118 Å². The SMILES string of the molecule is CCCSCC(=O)c1ccc2nc(CCC)[nH]c2c1. The second kappa shape index (κ2) is 6.75. The predicted octanol–water partition coefficient (Wildman–Crippen LogP) is 3.84. The molecule has 0 bridgehead atoms. The Bertz CT molecular complexity index is 562. The number of fused-ring (bicyclic) bond motifs is 1. The lowest BCUT2D eigenvalue weighted by Crippen LogP contribution is -2.02. The molecule has 2 rings (SSSR count). The minimum Gasteiger partial charge on any atom is -0.342 e. The number of aromatic amines is 1. The number of ketones is 1. The van der Waals surface area contributed by atoms with E-state index in [4.69, 9.17) is 0 Å². The van der Waals surface area contributed by atoms with E-state index in [1.807, 2.05) is 18.2 Å². The molecule has 1 heterocycles. The average Bonchev–Trinajstić information content (AvgIpc) is 2.80. The minimum absolute atomic E-state index is 0.201. The summed E-state index contributed by atoms with van der Waals surface area (Å²) in [6.45, 7) is 4.26. The topological polar surface area (TPSA) is 45.8 Å².